The van der Waals surface area contributed by atoms with Gasteiger partial charge in [0.2, 0.25) is 0 Å². The van der Waals surface area contributed by atoms with Crippen LogP contribution in [-0.4, -0.2) is 12.3 Å². The maximum absolute atomic E-state index is 4.42. The highest BCUT2D eigenvalue weighted by molar-refractivity contribution is 5.60. The molecule has 0 aromatic heterocycles. The SMILES string of the molecule is CC(C)N=CC1CCCCC1. The van der Waals surface area contributed by atoms with Crippen LogP contribution in [0.2, 0.25) is 0 Å². The highest BCUT2D eigenvalue weighted by Crippen LogP contribution is 2.21. The summed E-state index contributed by atoms with van der Waals surface area (Å²) in [5.74, 6) is 0.797. The first-order valence-corrected chi connectivity index (χ1v) is 4.82. The Morgan fingerprint density at radius 2 is 1.82 bits per heavy atom. The van der Waals surface area contributed by atoms with E-state index in [4.69, 9.17) is 0 Å². The van der Waals surface area contributed by atoms with Gasteiger partial charge >= 0.3 is 0 Å². The van der Waals surface area contributed by atoms with Crippen LogP contribution >= 0.6 is 0 Å². The first-order valence-electron chi connectivity index (χ1n) is 4.82. The zero-order chi connectivity index (χ0) is 8.10. The van der Waals surface area contributed by atoms with Gasteiger partial charge in [0.15, 0.2) is 0 Å². The van der Waals surface area contributed by atoms with Gasteiger partial charge in [-0.15, -0.1) is 0 Å². The Morgan fingerprint density at radius 1 is 1.18 bits per heavy atom. The van der Waals surface area contributed by atoms with Crippen LogP contribution in [0.15, 0.2) is 4.99 Å². The summed E-state index contributed by atoms with van der Waals surface area (Å²) in [7, 11) is 0. The Balaban J connectivity index is 2.23. The molecule has 0 saturated heterocycles. The molecule has 1 saturated carbocycles. The molecule has 0 radical (unpaired) electrons. The molecule has 0 aromatic rings. The minimum atomic E-state index is 0.483. The molecule has 1 rings (SSSR count). The summed E-state index contributed by atoms with van der Waals surface area (Å²) in [6.07, 6.45) is 9.19. The van der Waals surface area contributed by atoms with Gasteiger partial charge in [-0.2, -0.15) is 0 Å². The molecule has 1 nitrogen and oxygen atoms in total. The normalized spacial score (nSPS) is 21.7. The summed E-state index contributed by atoms with van der Waals surface area (Å²) in [4.78, 5) is 4.42. The fourth-order valence-corrected chi connectivity index (χ4v) is 1.58. The van der Waals surface area contributed by atoms with Gasteiger partial charge < -0.3 is 0 Å². The Morgan fingerprint density at radius 3 is 2.36 bits per heavy atom. The third-order valence-corrected chi connectivity index (χ3v) is 2.24. The number of nitrogens with zero attached hydrogens (tertiary/aromatic N) is 1. The highest BCUT2D eigenvalue weighted by Gasteiger charge is 2.10. The topological polar surface area (TPSA) is 12.4 Å². The molecule has 1 aliphatic carbocycles. The van der Waals surface area contributed by atoms with Crippen LogP contribution < -0.4 is 0 Å². The van der Waals surface area contributed by atoms with Gasteiger partial charge in [-0.25, -0.2) is 0 Å². The Hall–Kier alpha value is -0.330. The van der Waals surface area contributed by atoms with Gasteiger partial charge in [0.1, 0.15) is 0 Å². The van der Waals surface area contributed by atoms with Gasteiger partial charge in [-0.05, 0) is 32.6 Å². The smallest absolute Gasteiger partial charge is 0.0439 e. The van der Waals surface area contributed by atoms with Gasteiger partial charge in [0.05, 0.1) is 0 Å². The minimum Gasteiger partial charge on any atom is -0.295 e. The summed E-state index contributed by atoms with van der Waals surface area (Å²) >= 11 is 0. The van der Waals surface area contributed by atoms with Crippen molar-refractivity contribution in [3.63, 3.8) is 0 Å². The second-order valence-electron chi connectivity index (χ2n) is 3.79. The zero-order valence-corrected chi connectivity index (χ0v) is 7.71. The lowest BCUT2D eigenvalue weighted by Crippen LogP contribution is -2.08. The van der Waals surface area contributed by atoms with E-state index in [0.29, 0.717) is 6.04 Å². The highest BCUT2D eigenvalue weighted by atomic mass is 14.7. The Bertz CT molecular complexity index is 121. The van der Waals surface area contributed by atoms with E-state index in [1.807, 2.05) is 0 Å². The quantitative estimate of drug-likeness (QED) is 0.541. The van der Waals surface area contributed by atoms with Crippen LogP contribution in [0.5, 0.6) is 0 Å². The van der Waals surface area contributed by atoms with E-state index in [2.05, 4.69) is 25.1 Å². The summed E-state index contributed by atoms with van der Waals surface area (Å²) in [5, 5.41) is 0. The van der Waals surface area contributed by atoms with E-state index in [1.165, 1.54) is 32.1 Å². The van der Waals surface area contributed by atoms with Crippen molar-refractivity contribution in [2.45, 2.75) is 52.0 Å². The predicted octanol–water partition coefficient (Wildman–Crippen LogP) is 3.05. The number of aliphatic imine (C=N–C) groups is 1. The van der Waals surface area contributed by atoms with E-state index in [0.717, 1.165) is 5.92 Å². The van der Waals surface area contributed by atoms with Gasteiger partial charge in [-0.1, -0.05) is 19.3 Å². The summed E-state index contributed by atoms with van der Waals surface area (Å²) in [6.45, 7) is 4.28. The monoisotopic (exact) mass is 153 g/mol. The molecule has 0 aromatic carbocycles. The second-order valence-corrected chi connectivity index (χ2v) is 3.79. The summed E-state index contributed by atoms with van der Waals surface area (Å²) in [6, 6.07) is 0.483. The minimum absolute atomic E-state index is 0.483. The van der Waals surface area contributed by atoms with Crippen molar-refractivity contribution in [1.29, 1.82) is 0 Å². The molecule has 64 valence electrons. The van der Waals surface area contributed by atoms with Crippen LogP contribution in [-0.2, 0) is 0 Å². The van der Waals surface area contributed by atoms with Crippen molar-refractivity contribution in [1.82, 2.24) is 0 Å². The molecule has 0 spiro atoms. The molecule has 0 amide bonds. The summed E-state index contributed by atoms with van der Waals surface area (Å²) in [5.41, 5.74) is 0. The molecule has 11 heavy (non-hydrogen) atoms. The third-order valence-electron chi connectivity index (χ3n) is 2.24. The average molecular weight is 153 g/mol. The lowest BCUT2D eigenvalue weighted by molar-refractivity contribution is 0.444. The Kier molecular flexibility index (Phi) is 3.61. The van der Waals surface area contributed by atoms with Crippen LogP contribution in [0.25, 0.3) is 0 Å². The Labute approximate surface area is 69.9 Å². The van der Waals surface area contributed by atoms with E-state index in [1.54, 1.807) is 0 Å². The molecule has 0 N–H and O–H groups in total. The molecule has 0 unspecified atom stereocenters. The van der Waals surface area contributed by atoms with Crippen molar-refractivity contribution < 1.29 is 0 Å². The first-order chi connectivity index (χ1) is 5.29. The maximum Gasteiger partial charge on any atom is 0.0439 e. The standard InChI is InChI=1S/C10H19N/c1-9(2)11-8-10-6-4-3-5-7-10/h8-10H,3-7H2,1-2H3. The molecular weight excluding hydrogens is 134 g/mol. The van der Waals surface area contributed by atoms with E-state index < -0.39 is 0 Å². The van der Waals surface area contributed by atoms with Crippen molar-refractivity contribution in [2.75, 3.05) is 0 Å². The molecule has 0 aliphatic heterocycles. The van der Waals surface area contributed by atoms with Gasteiger partial charge in [-0.3, -0.25) is 4.99 Å². The van der Waals surface area contributed by atoms with Crippen molar-refractivity contribution in [3.8, 4) is 0 Å². The van der Waals surface area contributed by atoms with Crippen molar-refractivity contribution in [2.24, 2.45) is 10.9 Å². The number of rotatable bonds is 2. The third kappa shape index (κ3) is 3.54. The first kappa shape index (κ1) is 8.76. The second kappa shape index (κ2) is 4.53. The molecule has 0 bridgehead atoms. The van der Waals surface area contributed by atoms with Gasteiger partial charge in [0, 0.05) is 12.3 Å². The zero-order valence-electron chi connectivity index (χ0n) is 7.71. The molecule has 1 aliphatic rings. The van der Waals surface area contributed by atoms with Crippen LogP contribution in [0.1, 0.15) is 46.0 Å². The largest absolute Gasteiger partial charge is 0.295 e. The lowest BCUT2D eigenvalue weighted by atomic mass is 9.90. The van der Waals surface area contributed by atoms with E-state index in [-0.39, 0.29) is 0 Å². The fraction of sp³-hybridized carbons (Fsp3) is 0.900. The van der Waals surface area contributed by atoms with Crippen LogP contribution in [0, 0.1) is 5.92 Å². The van der Waals surface area contributed by atoms with Crippen LogP contribution in [0.3, 0.4) is 0 Å². The van der Waals surface area contributed by atoms with E-state index >= 15 is 0 Å². The lowest BCUT2D eigenvalue weighted by Gasteiger charge is -2.17. The molecular formula is C10H19N. The summed E-state index contributed by atoms with van der Waals surface area (Å²) < 4.78 is 0. The van der Waals surface area contributed by atoms with Gasteiger partial charge in [0.25, 0.3) is 0 Å². The van der Waals surface area contributed by atoms with E-state index in [9.17, 15) is 0 Å². The van der Waals surface area contributed by atoms with Crippen molar-refractivity contribution in [3.05, 3.63) is 0 Å². The maximum atomic E-state index is 4.42. The molecule has 1 fully saturated rings. The number of hydrogen-bond acceptors (Lipinski definition) is 1. The number of hydrogen-bond donors (Lipinski definition) is 0. The fourth-order valence-electron chi connectivity index (χ4n) is 1.58. The predicted molar refractivity (Wildman–Crippen MR) is 50.2 cm³/mol. The van der Waals surface area contributed by atoms with Crippen LogP contribution in [0.4, 0.5) is 0 Å². The molecule has 1 heteroatoms. The molecule has 0 heterocycles. The molecule has 0 atom stereocenters. The average Bonchev–Trinajstić information content (AvgIpc) is 2.03. The van der Waals surface area contributed by atoms with Crippen molar-refractivity contribution >= 4 is 6.21 Å².